The zero-order valence-corrected chi connectivity index (χ0v) is 13.0. The largest absolute Gasteiger partial charge is 0.378 e. The van der Waals surface area contributed by atoms with Gasteiger partial charge in [-0.1, -0.05) is 20.8 Å². The summed E-state index contributed by atoms with van der Waals surface area (Å²) in [6, 6.07) is 0. The number of amides is 1. The lowest BCUT2D eigenvalue weighted by molar-refractivity contribution is 0.0301. The Hall–Kier alpha value is -1.36. The molecule has 0 atom stereocenters. The van der Waals surface area contributed by atoms with E-state index in [2.05, 4.69) is 25.9 Å². The van der Waals surface area contributed by atoms with Gasteiger partial charge in [-0.05, 0) is 18.8 Å². The summed E-state index contributed by atoms with van der Waals surface area (Å²) >= 11 is 0. The Morgan fingerprint density at radius 3 is 2.55 bits per heavy atom. The van der Waals surface area contributed by atoms with Gasteiger partial charge in [0.25, 0.3) is 5.91 Å². The molecule has 2 rings (SSSR count). The smallest absolute Gasteiger partial charge is 0.257 e. The third-order valence-corrected chi connectivity index (χ3v) is 3.69. The summed E-state index contributed by atoms with van der Waals surface area (Å²) < 4.78 is 7.19. The Morgan fingerprint density at radius 2 is 2.00 bits per heavy atom. The Morgan fingerprint density at radius 1 is 1.35 bits per heavy atom. The third-order valence-electron chi connectivity index (χ3n) is 3.69. The molecule has 5 nitrogen and oxygen atoms in total. The molecule has 1 saturated heterocycles. The van der Waals surface area contributed by atoms with Crippen molar-refractivity contribution in [3.05, 3.63) is 17.0 Å². The second kappa shape index (κ2) is 6.39. The molecule has 0 aliphatic carbocycles. The van der Waals surface area contributed by atoms with Gasteiger partial charge in [0.15, 0.2) is 0 Å². The highest BCUT2D eigenvalue weighted by Gasteiger charge is 2.27. The lowest BCUT2D eigenvalue weighted by Crippen LogP contribution is -2.41. The summed E-state index contributed by atoms with van der Waals surface area (Å²) in [5, 5.41) is 4.58. The second-order valence-electron chi connectivity index (χ2n) is 5.75. The van der Waals surface area contributed by atoms with E-state index < -0.39 is 0 Å². The van der Waals surface area contributed by atoms with Crippen molar-refractivity contribution < 1.29 is 9.53 Å². The molecule has 1 aromatic rings. The van der Waals surface area contributed by atoms with Gasteiger partial charge in [0, 0.05) is 20.1 Å². The first-order valence-electron chi connectivity index (χ1n) is 7.46. The fourth-order valence-electron chi connectivity index (χ4n) is 2.73. The molecule has 1 aliphatic heterocycles. The van der Waals surface area contributed by atoms with E-state index >= 15 is 0 Å². The fourth-order valence-corrected chi connectivity index (χ4v) is 2.73. The van der Waals surface area contributed by atoms with E-state index in [1.54, 1.807) is 0 Å². The quantitative estimate of drug-likeness (QED) is 0.842. The van der Waals surface area contributed by atoms with Gasteiger partial charge >= 0.3 is 0 Å². The van der Waals surface area contributed by atoms with Crippen LogP contribution in [0.4, 0.5) is 0 Å². The molecule has 0 saturated carbocycles. The predicted molar refractivity (Wildman–Crippen MR) is 77.9 cm³/mol. The first-order chi connectivity index (χ1) is 9.54. The zero-order valence-electron chi connectivity index (χ0n) is 13.0. The van der Waals surface area contributed by atoms with E-state index in [-0.39, 0.29) is 5.91 Å². The van der Waals surface area contributed by atoms with E-state index in [0.717, 1.165) is 29.8 Å². The number of morpholine rings is 1. The highest BCUT2D eigenvalue weighted by Crippen LogP contribution is 2.20. The summed E-state index contributed by atoms with van der Waals surface area (Å²) in [5.41, 5.74) is 2.80. The number of aromatic nitrogens is 2. The van der Waals surface area contributed by atoms with E-state index in [4.69, 9.17) is 4.74 Å². The van der Waals surface area contributed by atoms with Crippen LogP contribution in [0.5, 0.6) is 0 Å². The number of ether oxygens (including phenoxy) is 1. The maximum Gasteiger partial charge on any atom is 0.257 e. The lowest BCUT2D eigenvalue weighted by Gasteiger charge is -2.27. The Labute approximate surface area is 120 Å². The molecule has 1 amide bonds. The van der Waals surface area contributed by atoms with E-state index in [0.29, 0.717) is 32.2 Å². The molecular weight excluding hydrogens is 254 g/mol. The van der Waals surface area contributed by atoms with Gasteiger partial charge in [-0.25, -0.2) is 0 Å². The van der Waals surface area contributed by atoms with E-state index in [1.165, 1.54) is 0 Å². The van der Waals surface area contributed by atoms with Gasteiger partial charge < -0.3 is 9.64 Å². The van der Waals surface area contributed by atoms with E-state index in [1.807, 2.05) is 16.6 Å². The van der Waals surface area contributed by atoms with Crippen molar-refractivity contribution in [3.63, 3.8) is 0 Å². The van der Waals surface area contributed by atoms with Crippen LogP contribution < -0.4 is 0 Å². The monoisotopic (exact) mass is 279 g/mol. The number of carbonyl (C=O) groups is 1. The fraction of sp³-hybridized carbons (Fsp3) is 0.733. The highest BCUT2D eigenvalue weighted by molar-refractivity contribution is 5.96. The first kappa shape index (κ1) is 15.0. The number of carbonyl (C=O) groups excluding carboxylic acids is 1. The average molecular weight is 279 g/mol. The maximum atomic E-state index is 12.8. The van der Waals surface area contributed by atoms with Crippen molar-refractivity contribution in [2.45, 2.75) is 33.6 Å². The number of nitrogens with zero attached hydrogens (tertiary/aromatic N) is 3. The number of rotatable bonds is 4. The molecule has 0 aromatic carbocycles. The molecule has 0 N–H and O–H groups in total. The van der Waals surface area contributed by atoms with Gasteiger partial charge in [0.05, 0.1) is 30.2 Å². The molecule has 1 aromatic heterocycles. The first-order valence-corrected chi connectivity index (χ1v) is 7.46. The summed E-state index contributed by atoms with van der Waals surface area (Å²) in [7, 11) is 1.93. The Balaban J connectivity index is 2.33. The Kier molecular flexibility index (Phi) is 4.81. The van der Waals surface area contributed by atoms with Crippen LogP contribution in [0.25, 0.3) is 0 Å². The van der Waals surface area contributed by atoms with Gasteiger partial charge in [0.1, 0.15) is 0 Å². The van der Waals surface area contributed by atoms with Crippen molar-refractivity contribution in [2.75, 3.05) is 26.3 Å². The molecule has 1 aliphatic rings. The minimum absolute atomic E-state index is 0.119. The standard InChI is InChI=1S/C15H25N3O2/c1-5-13-14(12(10-11(2)3)16-17(13)4)15(19)18-6-8-20-9-7-18/h11H,5-10H2,1-4H3. The molecule has 2 heterocycles. The van der Waals surface area contributed by atoms with Crippen LogP contribution in [0.2, 0.25) is 0 Å². The van der Waals surface area contributed by atoms with Crippen LogP contribution >= 0.6 is 0 Å². The lowest BCUT2D eigenvalue weighted by atomic mass is 10.0. The molecule has 20 heavy (non-hydrogen) atoms. The van der Waals surface area contributed by atoms with Crippen LogP contribution in [0, 0.1) is 5.92 Å². The van der Waals surface area contributed by atoms with Crippen LogP contribution in [-0.2, 0) is 24.6 Å². The molecule has 1 fully saturated rings. The van der Waals surface area contributed by atoms with Crippen LogP contribution in [0.3, 0.4) is 0 Å². The van der Waals surface area contributed by atoms with Gasteiger partial charge in [-0.2, -0.15) is 5.10 Å². The highest BCUT2D eigenvalue weighted by atomic mass is 16.5. The number of hydrogen-bond acceptors (Lipinski definition) is 3. The predicted octanol–water partition coefficient (Wildman–Crippen LogP) is 1.65. The molecule has 0 radical (unpaired) electrons. The van der Waals surface area contributed by atoms with Crippen molar-refractivity contribution in [1.82, 2.24) is 14.7 Å². The topological polar surface area (TPSA) is 47.4 Å². The van der Waals surface area contributed by atoms with Crippen LogP contribution in [0.1, 0.15) is 42.5 Å². The van der Waals surface area contributed by atoms with Crippen molar-refractivity contribution in [3.8, 4) is 0 Å². The SMILES string of the molecule is CCc1c(C(=O)N2CCOCC2)c(CC(C)C)nn1C. The van der Waals surface area contributed by atoms with Crippen LogP contribution in [0.15, 0.2) is 0 Å². The van der Waals surface area contributed by atoms with Crippen molar-refractivity contribution in [1.29, 1.82) is 0 Å². The number of aryl methyl sites for hydroxylation is 1. The minimum atomic E-state index is 0.119. The average Bonchev–Trinajstić information content (AvgIpc) is 2.73. The summed E-state index contributed by atoms with van der Waals surface area (Å²) in [6.07, 6.45) is 1.67. The van der Waals surface area contributed by atoms with Gasteiger partial charge in [-0.3, -0.25) is 9.48 Å². The molecular formula is C15H25N3O2. The maximum absolute atomic E-state index is 12.8. The molecule has 112 valence electrons. The van der Waals surface area contributed by atoms with Crippen LogP contribution in [-0.4, -0.2) is 46.9 Å². The van der Waals surface area contributed by atoms with Crippen molar-refractivity contribution >= 4 is 5.91 Å². The Bertz CT molecular complexity index is 474. The normalized spacial score (nSPS) is 15.9. The van der Waals surface area contributed by atoms with Gasteiger partial charge in [0.2, 0.25) is 0 Å². The molecule has 0 bridgehead atoms. The molecule has 5 heteroatoms. The number of hydrogen-bond donors (Lipinski definition) is 0. The third kappa shape index (κ3) is 3.03. The van der Waals surface area contributed by atoms with Gasteiger partial charge in [-0.15, -0.1) is 0 Å². The zero-order chi connectivity index (χ0) is 14.7. The molecule has 0 spiro atoms. The van der Waals surface area contributed by atoms with E-state index in [9.17, 15) is 4.79 Å². The molecule has 0 unspecified atom stereocenters. The summed E-state index contributed by atoms with van der Waals surface area (Å²) in [6.45, 7) is 9.01. The second-order valence-corrected chi connectivity index (χ2v) is 5.75. The summed E-state index contributed by atoms with van der Waals surface area (Å²) in [5.74, 6) is 0.611. The minimum Gasteiger partial charge on any atom is -0.378 e. The summed E-state index contributed by atoms with van der Waals surface area (Å²) in [4.78, 5) is 14.7. The van der Waals surface area contributed by atoms with Crippen molar-refractivity contribution in [2.24, 2.45) is 13.0 Å².